The average molecular weight is 310 g/mol. The van der Waals surface area contributed by atoms with E-state index >= 15 is 0 Å². The SMILES string of the molecule is CCCCCC1=c2ccccc2=NC1(C(N)=O)S(=O)(=O)O. The predicted molar refractivity (Wildman–Crippen MR) is 78.2 cm³/mol. The van der Waals surface area contributed by atoms with Crippen molar-refractivity contribution >= 4 is 21.6 Å². The van der Waals surface area contributed by atoms with E-state index < -0.39 is 20.9 Å². The zero-order chi connectivity index (χ0) is 15.7. The van der Waals surface area contributed by atoms with Gasteiger partial charge in [0, 0.05) is 5.22 Å². The highest BCUT2D eigenvalue weighted by Gasteiger charge is 2.54. The fourth-order valence-electron chi connectivity index (χ4n) is 2.65. The lowest BCUT2D eigenvalue weighted by Gasteiger charge is -2.23. The molecule has 0 fully saturated rings. The zero-order valence-corrected chi connectivity index (χ0v) is 12.6. The van der Waals surface area contributed by atoms with Crippen LogP contribution in [-0.2, 0) is 14.9 Å². The van der Waals surface area contributed by atoms with Gasteiger partial charge in [-0.3, -0.25) is 9.35 Å². The van der Waals surface area contributed by atoms with E-state index in [-0.39, 0.29) is 5.57 Å². The standard InChI is InChI=1S/C14H18N2O4S/c1-2-3-4-8-11-10-7-5-6-9-12(10)16-14(11,13(15)17)21(18,19)20/h5-7,9H,2-4,8H2,1H3,(H2,15,17)(H,18,19,20). The summed E-state index contributed by atoms with van der Waals surface area (Å²) in [5.41, 5.74) is 5.57. The van der Waals surface area contributed by atoms with Gasteiger partial charge in [-0.2, -0.15) is 8.42 Å². The molecule has 0 spiro atoms. The maximum atomic E-state index is 11.9. The second kappa shape index (κ2) is 5.57. The third-order valence-corrected chi connectivity index (χ3v) is 4.94. The summed E-state index contributed by atoms with van der Waals surface area (Å²) in [6, 6.07) is 6.71. The summed E-state index contributed by atoms with van der Waals surface area (Å²) in [6.07, 6.45) is 2.87. The Kier molecular flexibility index (Phi) is 4.15. The van der Waals surface area contributed by atoms with E-state index in [0.717, 1.165) is 12.8 Å². The van der Waals surface area contributed by atoms with E-state index in [0.29, 0.717) is 23.4 Å². The van der Waals surface area contributed by atoms with Crippen LogP contribution in [0.2, 0.25) is 0 Å². The van der Waals surface area contributed by atoms with E-state index in [9.17, 15) is 17.8 Å². The van der Waals surface area contributed by atoms with E-state index in [1.165, 1.54) is 0 Å². The largest absolute Gasteiger partial charge is 0.366 e. The van der Waals surface area contributed by atoms with Gasteiger partial charge in [-0.1, -0.05) is 38.0 Å². The quantitative estimate of drug-likeness (QED) is 0.574. The molecule has 21 heavy (non-hydrogen) atoms. The van der Waals surface area contributed by atoms with Gasteiger partial charge >= 0.3 is 10.1 Å². The molecule has 1 aromatic rings. The van der Waals surface area contributed by atoms with Gasteiger partial charge in [-0.15, -0.1) is 0 Å². The van der Waals surface area contributed by atoms with Crippen molar-refractivity contribution in [1.82, 2.24) is 0 Å². The van der Waals surface area contributed by atoms with Crippen molar-refractivity contribution in [2.24, 2.45) is 10.7 Å². The van der Waals surface area contributed by atoms with Crippen LogP contribution in [-0.4, -0.2) is 23.7 Å². The summed E-state index contributed by atoms with van der Waals surface area (Å²) in [4.78, 5) is 13.4. The Bertz CT molecular complexity index is 785. The van der Waals surface area contributed by atoms with Crippen molar-refractivity contribution in [1.29, 1.82) is 0 Å². The van der Waals surface area contributed by atoms with Crippen LogP contribution < -0.4 is 16.3 Å². The minimum Gasteiger partial charge on any atom is -0.366 e. The van der Waals surface area contributed by atoms with Crippen LogP contribution >= 0.6 is 0 Å². The summed E-state index contributed by atoms with van der Waals surface area (Å²) >= 11 is 0. The first-order valence-corrected chi connectivity index (χ1v) is 8.24. The molecule has 3 N–H and O–H groups in total. The molecule has 1 aromatic carbocycles. The van der Waals surface area contributed by atoms with Crippen molar-refractivity contribution in [3.05, 3.63) is 34.8 Å². The Morgan fingerprint density at radius 2 is 2.00 bits per heavy atom. The molecule has 114 valence electrons. The van der Waals surface area contributed by atoms with Crippen molar-refractivity contribution in [3.8, 4) is 0 Å². The Morgan fingerprint density at radius 1 is 1.33 bits per heavy atom. The first-order valence-electron chi connectivity index (χ1n) is 6.80. The van der Waals surface area contributed by atoms with Crippen molar-refractivity contribution in [2.75, 3.05) is 0 Å². The van der Waals surface area contributed by atoms with Gasteiger partial charge in [-0.05, 0) is 24.5 Å². The van der Waals surface area contributed by atoms with Gasteiger partial charge in [0.2, 0.25) is 0 Å². The highest BCUT2D eigenvalue weighted by Crippen LogP contribution is 2.33. The molecule has 1 atom stereocenters. The van der Waals surface area contributed by atoms with Crippen molar-refractivity contribution in [3.63, 3.8) is 0 Å². The zero-order valence-electron chi connectivity index (χ0n) is 11.7. The molecule has 1 unspecified atom stereocenters. The number of amides is 1. The number of hydrogen-bond acceptors (Lipinski definition) is 4. The van der Waals surface area contributed by atoms with Gasteiger partial charge in [-0.25, -0.2) is 4.99 Å². The second-order valence-electron chi connectivity index (χ2n) is 5.05. The molecular formula is C14H18N2O4S. The van der Waals surface area contributed by atoms with Gasteiger partial charge in [0.15, 0.2) is 0 Å². The number of para-hydroxylation sites is 1. The van der Waals surface area contributed by atoms with Crippen molar-refractivity contribution < 1.29 is 17.8 Å². The van der Waals surface area contributed by atoms with E-state index in [1.807, 2.05) is 6.92 Å². The van der Waals surface area contributed by atoms with E-state index in [1.54, 1.807) is 24.3 Å². The first kappa shape index (κ1) is 15.7. The average Bonchev–Trinajstić information content (AvgIpc) is 2.75. The third kappa shape index (κ3) is 2.47. The van der Waals surface area contributed by atoms with Crippen LogP contribution in [0.1, 0.15) is 32.6 Å². The molecule has 1 aliphatic rings. The summed E-state index contributed by atoms with van der Waals surface area (Å²) < 4.78 is 33.3. The lowest BCUT2D eigenvalue weighted by Crippen LogP contribution is -2.49. The fraction of sp³-hybridized carbons (Fsp3) is 0.429. The first-order chi connectivity index (χ1) is 9.84. The number of nitrogens with zero attached hydrogens (tertiary/aromatic N) is 1. The molecule has 0 aliphatic carbocycles. The molecule has 0 radical (unpaired) electrons. The molecule has 6 nitrogen and oxygen atoms in total. The van der Waals surface area contributed by atoms with Crippen LogP contribution in [0, 0.1) is 0 Å². The molecule has 0 aromatic heterocycles. The summed E-state index contributed by atoms with van der Waals surface area (Å²) in [5.74, 6) is -1.17. The van der Waals surface area contributed by atoms with Crippen LogP contribution in [0.5, 0.6) is 0 Å². The highest BCUT2D eigenvalue weighted by molar-refractivity contribution is 7.88. The molecule has 0 bridgehead atoms. The number of rotatable bonds is 6. The fourth-order valence-corrected chi connectivity index (χ4v) is 3.64. The molecule has 1 heterocycles. The number of carbonyl (C=O) groups excluding carboxylic acids is 1. The van der Waals surface area contributed by atoms with E-state index in [4.69, 9.17) is 5.73 Å². The topological polar surface area (TPSA) is 110 Å². The highest BCUT2D eigenvalue weighted by atomic mass is 32.2. The van der Waals surface area contributed by atoms with Crippen molar-refractivity contribution in [2.45, 2.75) is 37.5 Å². The van der Waals surface area contributed by atoms with E-state index in [2.05, 4.69) is 4.99 Å². The maximum absolute atomic E-state index is 11.9. The molecule has 1 aliphatic heterocycles. The number of unbranched alkanes of at least 4 members (excludes halogenated alkanes) is 2. The van der Waals surface area contributed by atoms with Crippen LogP contribution in [0.15, 0.2) is 29.3 Å². The normalized spacial score (nSPS) is 21.0. The van der Waals surface area contributed by atoms with Crippen LogP contribution in [0.25, 0.3) is 5.57 Å². The molecule has 0 saturated carbocycles. The maximum Gasteiger partial charge on any atom is 0.304 e. The monoisotopic (exact) mass is 310 g/mol. The van der Waals surface area contributed by atoms with Gasteiger partial charge in [0.1, 0.15) is 0 Å². The van der Waals surface area contributed by atoms with Gasteiger partial charge in [0.25, 0.3) is 10.8 Å². The third-order valence-electron chi connectivity index (χ3n) is 3.65. The lowest BCUT2D eigenvalue weighted by atomic mass is 9.98. The Labute approximate surface area is 123 Å². The predicted octanol–water partition coefficient (Wildman–Crippen LogP) is 0.120. The molecule has 2 rings (SSSR count). The Balaban J connectivity index is 2.72. The van der Waals surface area contributed by atoms with Crippen LogP contribution in [0.4, 0.5) is 0 Å². The smallest absolute Gasteiger partial charge is 0.304 e. The molecule has 0 saturated heterocycles. The number of hydrogen-bond donors (Lipinski definition) is 2. The Hall–Kier alpha value is -1.73. The molecular weight excluding hydrogens is 292 g/mol. The van der Waals surface area contributed by atoms with Crippen LogP contribution in [0.3, 0.4) is 0 Å². The summed E-state index contributed by atoms with van der Waals surface area (Å²) in [6.45, 7) is 2.02. The number of fused-ring (bicyclic) bond motifs is 1. The number of nitrogens with two attached hydrogens (primary N) is 1. The molecule has 1 amide bonds. The number of carbonyl (C=O) groups is 1. The number of primary amides is 1. The van der Waals surface area contributed by atoms with Gasteiger partial charge < -0.3 is 5.73 Å². The minimum absolute atomic E-state index is 0.265. The Morgan fingerprint density at radius 3 is 2.57 bits per heavy atom. The summed E-state index contributed by atoms with van der Waals surface area (Å²) in [7, 11) is -4.80. The summed E-state index contributed by atoms with van der Waals surface area (Å²) in [5, 5.41) is 0.922. The lowest BCUT2D eigenvalue weighted by molar-refractivity contribution is -0.119. The van der Waals surface area contributed by atoms with Gasteiger partial charge in [0.05, 0.1) is 5.36 Å². The second-order valence-corrected chi connectivity index (χ2v) is 6.59. The molecule has 7 heteroatoms. The number of benzene rings is 1. The minimum atomic E-state index is -4.80.